The second-order valence-electron chi connectivity index (χ2n) is 4.95. The van der Waals surface area contributed by atoms with Crippen LogP contribution in [0.25, 0.3) is 0 Å². The van der Waals surface area contributed by atoms with E-state index in [4.69, 9.17) is 0 Å². The van der Waals surface area contributed by atoms with Gasteiger partial charge >= 0.3 is 0 Å². The Morgan fingerprint density at radius 3 is 2.90 bits per heavy atom. The van der Waals surface area contributed by atoms with E-state index in [1.165, 1.54) is 12.8 Å². The second-order valence-corrected chi connectivity index (χ2v) is 5.89. The Balaban J connectivity index is 0.00000200. The zero-order valence-corrected chi connectivity index (χ0v) is 14.9. The Kier molecular flexibility index (Phi) is 10.1. The van der Waals surface area contributed by atoms with E-state index in [0.29, 0.717) is 12.5 Å². The number of piperidine rings is 1. The molecule has 5 nitrogen and oxygen atoms in total. The van der Waals surface area contributed by atoms with Crippen LogP contribution in [0.15, 0.2) is 5.38 Å². The summed E-state index contributed by atoms with van der Waals surface area (Å²) in [6, 6.07) is 0.595. The highest BCUT2D eigenvalue weighted by Crippen LogP contribution is 2.16. The summed E-state index contributed by atoms with van der Waals surface area (Å²) in [6.07, 6.45) is 2.88. The minimum absolute atomic E-state index is 0. The number of rotatable bonds is 5. The summed E-state index contributed by atoms with van der Waals surface area (Å²) >= 11 is 1.57. The molecule has 1 saturated heterocycles. The number of likely N-dealkylation sites (N-methyl/N-ethyl adjacent to an activating group) is 2. The number of hydrogen-bond donors (Lipinski definition) is 2. The van der Waals surface area contributed by atoms with Gasteiger partial charge in [0.15, 0.2) is 0 Å². The normalized spacial score (nSPS) is 18.5. The molecule has 8 heteroatoms. The quantitative estimate of drug-likeness (QED) is 0.840. The summed E-state index contributed by atoms with van der Waals surface area (Å²) in [6.45, 7) is 3.11. The van der Waals surface area contributed by atoms with Crippen LogP contribution in [0, 0.1) is 0 Å². The van der Waals surface area contributed by atoms with Gasteiger partial charge in [-0.05, 0) is 26.4 Å². The fraction of sp³-hybridized carbons (Fsp3) is 0.692. The molecule has 1 amide bonds. The Hall–Kier alpha value is -0.400. The highest BCUT2D eigenvalue weighted by Gasteiger charge is 2.19. The monoisotopic (exact) mass is 354 g/mol. The largest absolute Gasteiger partial charge is 0.359 e. The van der Waals surface area contributed by atoms with Crippen molar-refractivity contribution in [3.05, 3.63) is 16.1 Å². The van der Waals surface area contributed by atoms with Gasteiger partial charge in [-0.3, -0.25) is 9.69 Å². The van der Waals surface area contributed by atoms with E-state index >= 15 is 0 Å². The third-order valence-electron chi connectivity index (χ3n) is 3.49. The van der Waals surface area contributed by atoms with E-state index < -0.39 is 0 Å². The van der Waals surface area contributed by atoms with Crippen LogP contribution in [0.1, 0.15) is 23.5 Å². The van der Waals surface area contributed by atoms with Gasteiger partial charge in [-0.15, -0.1) is 36.2 Å². The SMILES string of the molecule is CNC(=O)Cc1nc(CN2CCCC(NC)C2)cs1.Cl.Cl. The van der Waals surface area contributed by atoms with Crippen molar-refractivity contribution >= 4 is 42.1 Å². The number of nitrogens with one attached hydrogen (secondary N) is 2. The van der Waals surface area contributed by atoms with Crippen molar-refractivity contribution in [1.29, 1.82) is 0 Å². The molecule has 0 aromatic carbocycles. The van der Waals surface area contributed by atoms with E-state index in [2.05, 4.69) is 25.9 Å². The molecule has 2 N–H and O–H groups in total. The molecule has 2 rings (SSSR count). The first-order chi connectivity index (χ1) is 9.21. The van der Waals surface area contributed by atoms with Crippen molar-refractivity contribution in [2.75, 3.05) is 27.2 Å². The topological polar surface area (TPSA) is 57.3 Å². The van der Waals surface area contributed by atoms with Crippen molar-refractivity contribution in [1.82, 2.24) is 20.5 Å². The first kappa shape index (κ1) is 20.6. The number of nitrogens with zero attached hydrogens (tertiary/aromatic N) is 2. The maximum Gasteiger partial charge on any atom is 0.226 e. The molecular formula is C13H24Cl2N4OS. The van der Waals surface area contributed by atoms with Gasteiger partial charge in [0.05, 0.1) is 12.1 Å². The summed E-state index contributed by atoms with van der Waals surface area (Å²) in [5.74, 6) is 0.0223. The molecule has 1 aromatic rings. The Labute approximate surface area is 142 Å². The Morgan fingerprint density at radius 1 is 1.48 bits per heavy atom. The lowest BCUT2D eigenvalue weighted by Gasteiger charge is -2.31. The molecule has 1 unspecified atom stereocenters. The van der Waals surface area contributed by atoms with Gasteiger partial charge in [-0.1, -0.05) is 0 Å². The fourth-order valence-corrected chi connectivity index (χ4v) is 3.18. The standard InChI is InChI=1S/C13H22N4OS.2ClH/c1-14-10-4-3-5-17(7-10)8-11-9-19-13(16-11)6-12(18)15-2;;/h9-10,14H,3-8H2,1-2H3,(H,15,18);2*1H. The lowest BCUT2D eigenvalue weighted by molar-refractivity contribution is -0.119. The number of likely N-dealkylation sites (tertiary alicyclic amines) is 1. The summed E-state index contributed by atoms with van der Waals surface area (Å²) in [5.41, 5.74) is 1.08. The van der Waals surface area contributed by atoms with Gasteiger partial charge in [0.1, 0.15) is 5.01 Å². The number of carbonyl (C=O) groups excluding carboxylic acids is 1. The number of aromatic nitrogens is 1. The maximum atomic E-state index is 11.3. The summed E-state index contributed by atoms with van der Waals surface area (Å²) < 4.78 is 0. The van der Waals surface area contributed by atoms with Crippen LogP contribution < -0.4 is 10.6 Å². The van der Waals surface area contributed by atoms with Crippen molar-refractivity contribution < 1.29 is 4.79 Å². The molecule has 0 radical (unpaired) electrons. The van der Waals surface area contributed by atoms with Gasteiger partial charge in [-0.25, -0.2) is 4.98 Å². The van der Waals surface area contributed by atoms with E-state index in [1.807, 2.05) is 7.05 Å². The lowest BCUT2D eigenvalue weighted by atomic mass is 10.1. The van der Waals surface area contributed by atoms with Crippen LogP contribution in [0.3, 0.4) is 0 Å². The fourth-order valence-electron chi connectivity index (χ4n) is 2.39. The number of amides is 1. The minimum atomic E-state index is 0. The van der Waals surface area contributed by atoms with E-state index in [9.17, 15) is 4.79 Å². The van der Waals surface area contributed by atoms with Crippen LogP contribution in [-0.4, -0.2) is 49.0 Å². The number of halogens is 2. The van der Waals surface area contributed by atoms with E-state index in [1.54, 1.807) is 18.4 Å². The van der Waals surface area contributed by atoms with Crippen LogP contribution in [-0.2, 0) is 17.8 Å². The van der Waals surface area contributed by atoms with Crippen molar-refractivity contribution in [3.8, 4) is 0 Å². The molecule has 1 aromatic heterocycles. The summed E-state index contributed by atoms with van der Waals surface area (Å²) in [4.78, 5) is 18.3. The second kappa shape index (κ2) is 10.3. The summed E-state index contributed by atoms with van der Waals surface area (Å²) in [7, 11) is 3.68. The molecule has 1 atom stereocenters. The van der Waals surface area contributed by atoms with Crippen LogP contribution >= 0.6 is 36.2 Å². The molecule has 122 valence electrons. The predicted molar refractivity (Wildman–Crippen MR) is 91.7 cm³/mol. The maximum absolute atomic E-state index is 11.3. The average molecular weight is 355 g/mol. The van der Waals surface area contributed by atoms with E-state index in [-0.39, 0.29) is 30.7 Å². The predicted octanol–water partition coefficient (Wildman–Crippen LogP) is 1.46. The molecule has 1 fully saturated rings. The van der Waals surface area contributed by atoms with Crippen molar-refractivity contribution in [3.63, 3.8) is 0 Å². The lowest BCUT2D eigenvalue weighted by Crippen LogP contribution is -2.43. The molecule has 0 spiro atoms. The van der Waals surface area contributed by atoms with Gasteiger partial charge in [0, 0.05) is 31.6 Å². The zero-order valence-electron chi connectivity index (χ0n) is 12.4. The van der Waals surface area contributed by atoms with Gasteiger partial charge < -0.3 is 10.6 Å². The molecule has 0 aliphatic carbocycles. The first-order valence-corrected chi connectivity index (χ1v) is 7.62. The summed E-state index contributed by atoms with van der Waals surface area (Å²) in [5, 5.41) is 8.94. The third-order valence-corrected chi connectivity index (χ3v) is 4.39. The van der Waals surface area contributed by atoms with Gasteiger partial charge in [0.2, 0.25) is 5.91 Å². The van der Waals surface area contributed by atoms with Crippen molar-refractivity contribution in [2.45, 2.75) is 31.8 Å². The minimum Gasteiger partial charge on any atom is -0.359 e. The zero-order chi connectivity index (χ0) is 13.7. The molecule has 1 aliphatic heterocycles. The van der Waals surface area contributed by atoms with Gasteiger partial charge in [0.25, 0.3) is 0 Å². The van der Waals surface area contributed by atoms with E-state index in [0.717, 1.165) is 30.3 Å². The van der Waals surface area contributed by atoms with Crippen molar-refractivity contribution in [2.24, 2.45) is 0 Å². The molecule has 1 aliphatic rings. The van der Waals surface area contributed by atoms with Crippen LogP contribution in [0.4, 0.5) is 0 Å². The highest BCUT2D eigenvalue weighted by molar-refractivity contribution is 7.09. The molecular weight excluding hydrogens is 331 g/mol. The number of hydrogen-bond acceptors (Lipinski definition) is 5. The third kappa shape index (κ3) is 6.48. The molecule has 2 heterocycles. The highest BCUT2D eigenvalue weighted by atomic mass is 35.5. The molecule has 0 saturated carbocycles. The molecule has 0 bridgehead atoms. The Morgan fingerprint density at radius 2 is 2.24 bits per heavy atom. The van der Waals surface area contributed by atoms with Gasteiger partial charge in [-0.2, -0.15) is 0 Å². The first-order valence-electron chi connectivity index (χ1n) is 6.74. The molecule has 21 heavy (non-hydrogen) atoms. The Bertz CT molecular complexity index is 430. The number of thiazole rings is 1. The average Bonchev–Trinajstić information content (AvgIpc) is 2.86. The van der Waals surface area contributed by atoms with Crippen LogP contribution in [0.2, 0.25) is 0 Å². The smallest absolute Gasteiger partial charge is 0.226 e. The number of carbonyl (C=O) groups is 1. The van der Waals surface area contributed by atoms with Crippen LogP contribution in [0.5, 0.6) is 0 Å².